The lowest BCUT2D eigenvalue weighted by Gasteiger charge is -2.26. The monoisotopic (exact) mass is 462 g/mol. The molecule has 33 heavy (non-hydrogen) atoms. The predicted molar refractivity (Wildman–Crippen MR) is 127 cm³/mol. The van der Waals surface area contributed by atoms with Crippen molar-refractivity contribution < 1.29 is 19.4 Å². The second-order valence-electron chi connectivity index (χ2n) is 7.71. The third-order valence-electron chi connectivity index (χ3n) is 5.54. The molecule has 0 spiro atoms. The molecule has 1 unspecified atom stereocenters. The highest BCUT2D eigenvalue weighted by Gasteiger charge is 2.47. The Morgan fingerprint density at radius 2 is 1.88 bits per heavy atom. The van der Waals surface area contributed by atoms with Gasteiger partial charge in [0.1, 0.15) is 11.5 Å². The maximum Gasteiger partial charge on any atom is 0.300 e. The van der Waals surface area contributed by atoms with E-state index in [1.165, 1.54) is 4.90 Å². The van der Waals surface area contributed by atoms with Gasteiger partial charge in [-0.2, -0.15) is 0 Å². The molecular weight excluding hydrogens is 440 g/mol. The third-order valence-corrected chi connectivity index (χ3v) is 5.95. The molecular formula is C26H23ClN2O4. The van der Waals surface area contributed by atoms with Crippen LogP contribution in [-0.4, -0.2) is 28.4 Å². The van der Waals surface area contributed by atoms with Crippen molar-refractivity contribution >= 4 is 34.7 Å². The van der Waals surface area contributed by atoms with E-state index < -0.39 is 17.7 Å². The fourth-order valence-corrected chi connectivity index (χ4v) is 4.05. The standard InChI is InChI=1S/C26H23ClN2O4/c1-3-14-33-19-11-9-17(10-12-19)24(30)22-23(18-6-5-13-28-15-18)29(26(32)25(22)31)21-8-4-7-20(27)16(21)2/h4-13,15,23,30H,3,14H2,1-2H3/b24-22+. The molecule has 0 saturated carbocycles. The molecule has 1 N–H and O–H groups in total. The number of anilines is 1. The van der Waals surface area contributed by atoms with E-state index in [1.807, 2.05) is 6.92 Å². The number of ether oxygens (including phenoxy) is 1. The van der Waals surface area contributed by atoms with Gasteiger partial charge < -0.3 is 9.84 Å². The van der Waals surface area contributed by atoms with Crippen LogP contribution in [-0.2, 0) is 9.59 Å². The van der Waals surface area contributed by atoms with Crippen molar-refractivity contribution in [3.63, 3.8) is 0 Å². The molecule has 0 bridgehead atoms. The number of pyridine rings is 1. The van der Waals surface area contributed by atoms with E-state index in [1.54, 1.807) is 73.9 Å². The van der Waals surface area contributed by atoms with Crippen molar-refractivity contribution in [2.45, 2.75) is 26.3 Å². The number of Topliss-reactive ketones (excluding diaryl/α,β-unsaturated/α-hetero) is 1. The average Bonchev–Trinajstić information content (AvgIpc) is 3.10. The molecule has 2 heterocycles. The second kappa shape index (κ2) is 9.46. The van der Waals surface area contributed by atoms with Gasteiger partial charge in [0.2, 0.25) is 0 Å². The minimum atomic E-state index is -0.855. The van der Waals surface area contributed by atoms with Crippen molar-refractivity contribution in [2.24, 2.45) is 0 Å². The van der Waals surface area contributed by atoms with Crippen LogP contribution in [0.15, 0.2) is 72.6 Å². The zero-order valence-electron chi connectivity index (χ0n) is 18.3. The number of carbonyl (C=O) groups is 2. The zero-order valence-corrected chi connectivity index (χ0v) is 19.0. The summed E-state index contributed by atoms with van der Waals surface area (Å²) < 4.78 is 5.60. The molecule has 7 heteroatoms. The second-order valence-corrected chi connectivity index (χ2v) is 8.12. The van der Waals surface area contributed by atoms with Gasteiger partial charge in [0, 0.05) is 28.7 Å². The molecule has 1 atom stereocenters. The lowest BCUT2D eigenvalue weighted by molar-refractivity contribution is -0.132. The number of halogens is 1. The Labute approximate surface area is 197 Å². The summed E-state index contributed by atoms with van der Waals surface area (Å²) in [6, 6.07) is 14.6. The number of hydrogen-bond acceptors (Lipinski definition) is 5. The van der Waals surface area contributed by atoms with Crippen LogP contribution in [0, 0.1) is 6.92 Å². The molecule has 1 aliphatic heterocycles. The van der Waals surface area contributed by atoms with Crippen molar-refractivity contribution in [3.05, 3.63) is 94.3 Å². The van der Waals surface area contributed by atoms with Gasteiger partial charge in [0.15, 0.2) is 0 Å². The first kappa shape index (κ1) is 22.6. The Morgan fingerprint density at radius 3 is 2.55 bits per heavy atom. The van der Waals surface area contributed by atoms with Crippen molar-refractivity contribution in [3.8, 4) is 5.75 Å². The van der Waals surface area contributed by atoms with Gasteiger partial charge in [-0.3, -0.25) is 19.5 Å². The van der Waals surface area contributed by atoms with Gasteiger partial charge in [-0.15, -0.1) is 0 Å². The number of hydrogen-bond donors (Lipinski definition) is 1. The Balaban J connectivity index is 1.87. The molecule has 0 aliphatic carbocycles. The summed E-state index contributed by atoms with van der Waals surface area (Å²) in [5.41, 5.74) is 2.16. The van der Waals surface area contributed by atoms with E-state index in [0.717, 1.165) is 6.42 Å². The van der Waals surface area contributed by atoms with Gasteiger partial charge in [0.25, 0.3) is 11.7 Å². The molecule has 4 rings (SSSR count). The fourth-order valence-electron chi connectivity index (χ4n) is 3.88. The lowest BCUT2D eigenvalue weighted by atomic mass is 9.96. The van der Waals surface area contributed by atoms with Gasteiger partial charge in [0.05, 0.1) is 18.2 Å². The van der Waals surface area contributed by atoms with E-state index in [-0.39, 0.29) is 11.3 Å². The van der Waals surface area contributed by atoms with Crippen LogP contribution >= 0.6 is 11.6 Å². The topological polar surface area (TPSA) is 79.7 Å². The van der Waals surface area contributed by atoms with Gasteiger partial charge in [-0.05, 0) is 66.9 Å². The van der Waals surface area contributed by atoms with Crippen LogP contribution in [0.3, 0.4) is 0 Å². The lowest BCUT2D eigenvalue weighted by Crippen LogP contribution is -2.30. The summed E-state index contributed by atoms with van der Waals surface area (Å²) in [6.07, 6.45) is 4.06. The number of aliphatic hydroxyl groups is 1. The van der Waals surface area contributed by atoms with Crippen LogP contribution in [0.1, 0.15) is 36.1 Å². The van der Waals surface area contributed by atoms with Gasteiger partial charge in [-0.25, -0.2) is 0 Å². The number of aliphatic hydroxyl groups excluding tert-OH is 1. The summed E-state index contributed by atoms with van der Waals surface area (Å²) in [5.74, 6) is -1.11. The smallest absolute Gasteiger partial charge is 0.300 e. The normalized spacial score (nSPS) is 17.4. The van der Waals surface area contributed by atoms with E-state index >= 15 is 0 Å². The summed E-state index contributed by atoms with van der Waals surface area (Å²) in [4.78, 5) is 32.0. The Morgan fingerprint density at radius 1 is 1.12 bits per heavy atom. The Kier molecular flexibility index (Phi) is 6.47. The first-order valence-electron chi connectivity index (χ1n) is 10.6. The SMILES string of the molecule is CCCOc1ccc(/C(O)=C2\C(=O)C(=O)N(c3cccc(Cl)c3C)C2c2cccnc2)cc1. The van der Waals surface area contributed by atoms with E-state index in [2.05, 4.69) is 4.98 Å². The molecule has 1 saturated heterocycles. The number of rotatable bonds is 6. The van der Waals surface area contributed by atoms with Gasteiger partial charge >= 0.3 is 0 Å². The van der Waals surface area contributed by atoms with Crippen LogP contribution in [0.2, 0.25) is 5.02 Å². The third kappa shape index (κ3) is 4.22. The summed E-state index contributed by atoms with van der Waals surface area (Å²) in [6.45, 7) is 4.38. The Hall–Kier alpha value is -3.64. The first-order chi connectivity index (χ1) is 15.9. The van der Waals surface area contributed by atoms with E-state index in [9.17, 15) is 14.7 Å². The van der Waals surface area contributed by atoms with Gasteiger partial charge in [-0.1, -0.05) is 30.7 Å². The van der Waals surface area contributed by atoms with Crippen molar-refractivity contribution in [1.29, 1.82) is 0 Å². The molecule has 1 amide bonds. The molecule has 2 aromatic carbocycles. The highest BCUT2D eigenvalue weighted by atomic mass is 35.5. The molecule has 3 aromatic rings. The number of benzene rings is 2. The maximum absolute atomic E-state index is 13.2. The molecule has 0 radical (unpaired) electrons. The van der Waals surface area contributed by atoms with Crippen molar-refractivity contribution in [1.82, 2.24) is 4.98 Å². The minimum Gasteiger partial charge on any atom is -0.507 e. The van der Waals surface area contributed by atoms with E-state index in [4.69, 9.17) is 16.3 Å². The van der Waals surface area contributed by atoms with Crippen LogP contribution in [0.25, 0.3) is 5.76 Å². The predicted octanol–water partition coefficient (Wildman–Crippen LogP) is 5.46. The number of ketones is 1. The quantitative estimate of drug-likeness (QED) is 0.299. The molecule has 6 nitrogen and oxygen atoms in total. The summed E-state index contributed by atoms with van der Waals surface area (Å²) in [7, 11) is 0. The zero-order chi connectivity index (χ0) is 23.5. The fraction of sp³-hybridized carbons (Fsp3) is 0.192. The van der Waals surface area contributed by atoms with Crippen LogP contribution in [0.5, 0.6) is 5.75 Å². The Bertz CT molecular complexity index is 1220. The molecule has 1 fully saturated rings. The minimum absolute atomic E-state index is 0.00500. The van der Waals surface area contributed by atoms with Crippen molar-refractivity contribution in [2.75, 3.05) is 11.5 Å². The first-order valence-corrected chi connectivity index (χ1v) is 11.0. The summed E-state index contributed by atoms with van der Waals surface area (Å²) >= 11 is 6.31. The highest BCUT2D eigenvalue weighted by Crippen LogP contribution is 2.43. The molecule has 1 aromatic heterocycles. The number of carbonyl (C=O) groups excluding carboxylic acids is 2. The highest BCUT2D eigenvalue weighted by molar-refractivity contribution is 6.52. The van der Waals surface area contributed by atoms with Crippen LogP contribution < -0.4 is 9.64 Å². The number of aromatic nitrogens is 1. The molecule has 1 aliphatic rings. The largest absolute Gasteiger partial charge is 0.507 e. The number of amides is 1. The average molecular weight is 463 g/mol. The maximum atomic E-state index is 13.2. The van der Waals surface area contributed by atoms with E-state index in [0.29, 0.717) is 39.8 Å². The summed E-state index contributed by atoms with van der Waals surface area (Å²) in [5, 5.41) is 11.7. The number of nitrogens with zero attached hydrogens (tertiary/aromatic N) is 2. The van der Waals surface area contributed by atoms with Crippen LogP contribution in [0.4, 0.5) is 5.69 Å². The molecule has 168 valence electrons.